The Morgan fingerprint density at radius 1 is 1.20 bits per heavy atom. The lowest BCUT2D eigenvalue weighted by Crippen LogP contribution is -2.25. The second-order valence-corrected chi connectivity index (χ2v) is 5.55. The molecule has 2 nitrogen and oxygen atoms in total. The number of amides is 1. The third-order valence-corrected chi connectivity index (χ3v) is 3.69. The third kappa shape index (κ3) is 4.05. The van der Waals surface area contributed by atoms with E-state index < -0.39 is 5.82 Å². The van der Waals surface area contributed by atoms with Gasteiger partial charge in [-0.1, -0.05) is 23.7 Å². The second-order valence-electron chi connectivity index (χ2n) is 4.26. The Bertz CT molecular complexity index is 616. The van der Waals surface area contributed by atoms with E-state index in [1.54, 1.807) is 6.07 Å². The topological polar surface area (TPSA) is 29.1 Å². The SMILES string of the molecule is O=C(NCCc1ccc(Cl)cc1)c1ccc(Br)c(F)c1. The Balaban J connectivity index is 1.88. The van der Waals surface area contributed by atoms with Crippen molar-refractivity contribution in [1.82, 2.24) is 5.32 Å². The Morgan fingerprint density at radius 3 is 2.55 bits per heavy atom. The Hall–Kier alpha value is -1.39. The molecule has 0 saturated carbocycles. The van der Waals surface area contributed by atoms with Crippen LogP contribution in [0.15, 0.2) is 46.9 Å². The summed E-state index contributed by atoms with van der Waals surface area (Å²) in [5.41, 5.74) is 1.39. The molecule has 104 valence electrons. The number of carbonyl (C=O) groups is 1. The molecule has 0 saturated heterocycles. The fraction of sp³-hybridized carbons (Fsp3) is 0.133. The minimum atomic E-state index is -0.449. The van der Waals surface area contributed by atoms with E-state index in [4.69, 9.17) is 11.6 Å². The Labute approximate surface area is 130 Å². The van der Waals surface area contributed by atoms with E-state index in [0.29, 0.717) is 28.0 Å². The first-order valence-corrected chi connectivity index (χ1v) is 7.21. The zero-order valence-electron chi connectivity index (χ0n) is 10.5. The molecule has 0 aliphatic carbocycles. The van der Waals surface area contributed by atoms with Crippen molar-refractivity contribution in [2.75, 3.05) is 6.54 Å². The van der Waals surface area contributed by atoms with Crippen molar-refractivity contribution in [1.29, 1.82) is 0 Å². The van der Waals surface area contributed by atoms with Gasteiger partial charge in [-0.15, -0.1) is 0 Å². The number of rotatable bonds is 4. The number of nitrogens with one attached hydrogen (secondary N) is 1. The average Bonchev–Trinajstić information content (AvgIpc) is 2.44. The van der Waals surface area contributed by atoms with Crippen LogP contribution in [-0.4, -0.2) is 12.5 Å². The second kappa shape index (κ2) is 6.86. The van der Waals surface area contributed by atoms with Crippen LogP contribution in [-0.2, 0) is 6.42 Å². The highest BCUT2D eigenvalue weighted by atomic mass is 79.9. The van der Waals surface area contributed by atoms with Gasteiger partial charge in [0.25, 0.3) is 5.91 Å². The number of benzene rings is 2. The van der Waals surface area contributed by atoms with E-state index in [0.717, 1.165) is 5.56 Å². The molecular formula is C15H12BrClFNO. The van der Waals surface area contributed by atoms with Crippen LogP contribution >= 0.6 is 27.5 Å². The van der Waals surface area contributed by atoms with Crippen LogP contribution in [0, 0.1) is 5.82 Å². The molecule has 0 aromatic heterocycles. The van der Waals surface area contributed by atoms with Crippen molar-refractivity contribution < 1.29 is 9.18 Å². The largest absolute Gasteiger partial charge is 0.352 e. The number of hydrogen-bond donors (Lipinski definition) is 1. The molecule has 2 aromatic rings. The molecular weight excluding hydrogens is 345 g/mol. The fourth-order valence-corrected chi connectivity index (χ4v) is 2.08. The molecule has 5 heteroatoms. The smallest absolute Gasteiger partial charge is 0.251 e. The van der Waals surface area contributed by atoms with Gasteiger partial charge in [0, 0.05) is 17.1 Å². The van der Waals surface area contributed by atoms with Gasteiger partial charge in [-0.3, -0.25) is 4.79 Å². The summed E-state index contributed by atoms with van der Waals surface area (Å²) < 4.78 is 13.7. The number of hydrogen-bond acceptors (Lipinski definition) is 1. The normalized spacial score (nSPS) is 10.3. The molecule has 0 fully saturated rings. The highest BCUT2D eigenvalue weighted by molar-refractivity contribution is 9.10. The first-order chi connectivity index (χ1) is 9.56. The van der Waals surface area contributed by atoms with Crippen LogP contribution in [0.5, 0.6) is 0 Å². The highest BCUT2D eigenvalue weighted by Gasteiger charge is 2.08. The van der Waals surface area contributed by atoms with Crippen molar-refractivity contribution in [2.45, 2.75) is 6.42 Å². The minimum absolute atomic E-state index is 0.287. The summed E-state index contributed by atoms with van der Waals surface area (Å²) >= 11 is 8.84. The van der Waals surface area contributed by atoms with Crippen LogP contribution in [0.3, 0.4) is 0 Å². The van der Waals surface area contributed by atoms with Crippen LogP contribution in [0.1, 0.15) is 15.9 Å². The predicted octanol–water partition coefficient (Wildman–Crippen LogP) is 4.21. The van der Waals surface area contributed by atoms with Gasteiger partial charge < -0.3 is 5.32 Å². The molecule has 1 N–H and O–H groups in total. The maximum absolute atomic E-state index is 13.3. The Kier molecular flexibility index (Phi) is 5.15. The van der Waals surface area contributed by atoms with Crippen molar-refractivity contribution in [3.8, 4) is 0 Å². The maximum atomic E-state index is 13.3. The molecule has 0 aliphatic heterocycles. The van der Waals surface area contributed by atoms with Crippen molar-refractivity contribution in [2.24, 2.45) is 0 Å². The fourth-order valence-electron chi connectivity index (χ4n) is 1.71. The molecule has 0 spiro atoms. The number of halogens is 3. The summed E-state index contributed by atoms with van der Waals surface area (Å²) in [4.78, 5) is 11.8. The summed E-state index contributed by atoms with van der Waals surface area (Å²) in [6.07, 6.45) is 0.696. The molecule has 2 rings (SSSR count). The van der Waals surface area contributed by atoms with Crippen LogP contribution in [0.2, 0.25) is 5.02 Å². The Morgan fingerprint density at radius 2 is 1.90 bits per heavy atom. The van der Waals surface area contributed by atoms with Crippen LogP contribution in [0.4, 0.5) is 4.39 Å². The van der Waals surface area contributed by atoms with E-state index in [1.165, 1.54) is 12.1 Å². The monoisotopic (exact) mass is 355 g/mol. The first-order valence-electron chi connectivity index (χ1n) is 6.04. The van der Waals surface area contributed by atoms with Gasteiger partial charge in [-0.25, -0.2) is 4.39 Å². The molecule has 2 aromatic carbocycles. The van der Waals surface area contributed by atoms with Gasteiger partial charge in [0.2, 0.25) is 0 Å². The van der Waals surface area contributed by atoms with Gasteiger partial charge in [0.05, 0.1) is 4.47 Å². The van der Waals surface area contributed by atoms with Crippen LogP contribution in [0.25, 0.3) is 0 Å². The standard InChI is InChI=1S/C15H12BrClFNO/c16-13-6-3-11(9-14(13)18)15(20)19-8-7-10-1-4-12(17)5-2-10/h1-6,9H,7-8H2,(H,19,20). The minimum Gasteiger partial charge on any atom is -0.352 e. The molecule has 0 unspecified atom stereocenters. The third-order valence-electron chi connectivity index (χ3n) is 2.79. The van der Waals surface area contributed by atoms with E-state index in [1.807, 2.05) is 24.3 Å². The van der Waals surface area contributed by atoms with E-state index in [9.17, 15) is 9.18 Å². The highest BCUT2D eigenvalue weighted by Crippen LogP contribution is 2.16. The lowest BCUT2D eigenvalue weighted by atomic mass is 10.1. The zero-order valence-corrected chi connectivity index (χ0v) is 12.8. The molecule has 0 aliphatic rings. The number of carbonyl (C=O) groups excluding carboxylic acids is 1. The molecule has 0 heterocycles. The quantitative estimate of drug-likeness (QED) is 0.873. The summed E-state index contributed by atoms with van der Waals surface area (Å²) in [6, 6.07) is 11.7. The van der Waals surface area contributed by atoms with Gasteiger partial charge in [0.1, 0.15) is 5.82 Å². The van der Waals surface area contributed by atoms with E-state index in [-0.39, 0.29) is 5.91 Å². The first kappa shape index (κ1) is 15.0. The van der Waals surface area contributed by atoms with Crippen molar-refractivity contribution in [3.05, 3.63) is 68.9 Å². The maximum Gasteiger partial charge on any atom is 0.251 e. The van der Waals surface area contributed by atoms with E-state index >= 15 is 0 Å². The van der Waals surface area contributed by atoms with E-state index in [2.05, 4.69) is 21.2 Å². The zero-order chi connectivity index (χ0) is 14.5. The average molecular weight is 357 g/mol. The molecule has 1 amide bonds. The molecule has 20 heavy (non-hydrogen) atoms. The summed E-state index contributed by atoms with van der Waals surface area (Å²) in [7, 11) is 0. The lowest BCUT2D eigenvalue weighted by Gasteiger charge is -2.06. The summed E-state index contributed by atoms with van der Waals surface area (Å²) in [6.45, 7) is 0.484. The molecule has 0 bridgehead atoms. The molecule has 0 atom stereocenters. The lowest BCUT2D eigenvalue weighted by molar-refractivity contribution is 0.0953. The van der Waals surface area contributed by atoms with Gasteiger partial charge in [-0.05, 0) is 58.2 Å². The van der Waals surface area contributed by atoms with Crippen molar-refractivity contribution >= 4 is 33.4 Å². The molecule has 0 radical (unpaired) electrons. The van der Waals surface area contributed by atoms with Crippen molar-refractivity contribution in [3.63, 3.8) is 0 Å². The van der Waals surface area contributed by atoms with Gasteiger partial charge in [-0.2, -0.15) is 0 Å². The van der Waals surface area contributed by atoms with Crippen LogP contribution < -0.4 is 5.32 Å². The van der Waals surface area contributed by atoms with Gasteiger partial charge in [0.15, 0.2) is 0 Å². The summed E-state index contributed by atoms with van der Waals surface area (Å²) in [5, 5.41) is 3.44. The predicted molar refractivity (Wildman–Crippen MR) is 81.6 cm³/mol. The van der Waals surface area contributed by atoms with Gasteiger partial charge >= 0.3 is 0 Å². The summed E-state index contributed by atoms with van der Waals surface area (Å²) in [5.74, 6) is -0.735.